The molecule has 0 bridgehead atoms. The quantitative estimate of drug-likeness (QED) is 0.227. The molecule has 0 saturated heterocycles. The van der Waals surface area contributed by atoms with Gasteiger partial charge in [-0.25, -0.2) is 4.79 Å². The number of rotatable bonds is 11. The monoisotopic (exact) mass is 384 g/mol. The maximum absolute atomic E-state index is 11.6. The minimum atomic E-state index is -1.47. The van der Waals surface area contributed by atoms with Crippen LogP contribution in [0.4, 0.5) is 0 Å². The molecular formula is C15H20N4O8. The Balaban J connectivity index is 2.17. The second kappa shape index (κ2) is 10.7. The van der Waals surface area contributed by atoms with Crippen molar-refractivity contribution in [2.24, 2.45) is 0 Å². The van der Waals surface area contributed by atoms with Crippen molar-refractivity contribution in [3.8, 4) is 0 Å². The number of carboxylic acid groups (broad SMARTS) is 1. The van der Waals surface area contributed by atoms with Gasteiger partial charge in [0, 0.05) is 25.1 Å². The van der Waals surface area contributed by atoms with Gasteiger partial charge in [0.25, 0.3) is 11.8 Å². The molecule has 1 atom stereocenters. The zero-order valence-electron chi connectivity index (χ0n) is 14.3. The van der Waals surface area contributed by atoms with Crippen molar-refractivity contribution in [3.63, 3.8) is 0 Å². The van der Waals surface area contributed by atoms with Gasteiger partial charge in [-0.1, -0.05) is 0 Å². The van der Waals surface area contributed by atoms with Gasteiger partial charge >= 0.3 is 5.97 Å². The average molecular weight is 384 g/mol. The van der Waals surface area contributed by atoms with Crippen LogP contribution in [0.1, 0.15) is 12.8 Å². The molecule has 148 valence electrons. The molecule has 0 aromatic heterocycles. The van der Waals surface area contributed by atoms with E-state index in [1.165, 1.54) is 0 Å². The van der Waals surface area contributed by atoms with Gasteiger partial charge in [0.1, 0.15) is 6.04 Å². The fraction of sp³-hybridized carbons (Fsp3) is 0.467. The molecule has 1 aliphatic rings. The molecule has 12 nitrogen and oxygen atoms in total. The van der Waals surface area contributed by atoms with E-state index in [0.717, 1.165) is 17.1 Å². The van der Waals surface area contributed by atoms with Crippen LogP contribution in [-0.2, 0) is 28.8 Å². The molecule has 12 heteroatoms. The van der Waals surface area contributed by atoms with Crippen molar-refractivity contribution in [1.82, 2.24) is 20.9 Å². The lowest BCUT2D eigenvalue weighted by molar-refractivity contribution is -0.143. The first-order valence-electron chi connectivity index (χ1n) is 7.94. The number of aliphatic hydroxyl groups excluding tert-OH is 1. The molecule has 0 unspecified atom stereocenters. The SMILES string of the molecule is O=C(CCCN1C(=O)C=CC1=O)NCC(=O)NCC(=O)N[C@@H](CO)C(=O)O. The Bertz CT molecular complexity index is 642. The van der Waals surface area contributed by atoms with E-state index in [1.54, 1.807) is 0 Å². The van der Waals surface area contributed by atoms with Gasteiger partial charge < -0.3 is 26.2 Å². The zero-order valence-corrected chi connectivity index (χ0v) is 14.3. The maximum Gasteiger partial charge on any atom is 0.328 e. The second-order valence-corrected chi connectivity index (χ2v) is 5.46. The Labute approximate surface area is 153 Å². The van der Waals surface area contributed by atoms with Crippen LogP contribution in [0.5, 0.6) is 0 Å². The van der Waals surface area contributed by atoms with E-state index in [2.05, 4.69) is 10.6 Å². The molecule has 0 aromatic carbocycles. The van der Waals surface area contributed by atoms with Crippen molar-refractivity contribution >= 4 is 35.5 Å². The number of amides is 5. The van der Waals surface area contributed by atoms with E-state index in [9.17, 15) is 28.8 Å². The van der Waals surface area contributed by atoms with Crippen LogP contribution in [-0.4, -0.2) is 82.9 Å². The van der Waals surface area contributed by atoms with E-state index in [0.29, 0.717) is 0 Å². The summed E-state index contributed by atoms with van der Waals surface area (Å²) in [6, 6.07) is -1.47. The number of nitrogens with zero attached hydrogens (tertiary/aromatic N) is 1. The number of carbonyl (C=O) groups is 6. The van der Waals surface area contributed by atoms with E-state index >= 15 is 0 Å². The summed E-state index contributed by atoms with van der Waals surface area (Å²) < 4.78 is 0. The van der Waals surface area contributed by atoms with Crippen molar-refractivity contribution in [2.45, 2.75) is 18.9 Å². The van der Waals surface area contributed by atoms with Crippen LogP contribution < -0.4 is 16.0 Å². The van der Waals surface area contributed by atoms with Crippen LogP contribution in [0.25, 0.3) is 0 Å². The Morgan fingerprint density at radius 2 is 1.52 bits per heavy atom. The summed E-state index contributed by atoms with van der Waals surface area (Å²) in [4.78, 5) is 68.8. The number of carboxylic acids is 1. The number of hydrogen-bond acceptors (Lipinski definition) is 7. The van der Waals surface area contributed by atoms with Crippen LogP contribution >= 0.6 is 0 Å². The molecule has 1 heterocycles. The fourth-order valence-electron chi connectivity index (χ4n) is 1.99. The third-order valence-electron chi connectivity index (χ3n) is 3.39. The summed E-state index contributed by atoms with van der Waals surface area (Å²) in [7, 11) is 0. The lowest BCUT2D eigenvalue weighted by Gasteiger charge is -2.13. The van der Waals surface area contributed by atoms with Crippen LogP contribution in [0.3, 0.4) is 0 Å². The van der Waals surface area contributed by atoms with Crippen molar-refractivity contribution in [1.29, 1.82) is 0 Å². The number of aliphatic hydroxyl groups is 1. The molecule has 0 saturated carbocycles. The molecule has 5 N–H and O–H groups in total. The third-order valence-corrected chi connectivity index (χ3v) is 3.39. The third kappa shape index (κ3) is 7.64. The van der Waals surface area contributed by atoms with Crippen LogP contribution in [0, 0.1) is 0 Å². The number of nitrogens with one attached hydrogen (secondary N) is 3. The number of imide groups is 1. The Kier molecular flexibility index (Phi) is 8.59. The van der Waals surface area contributed by atoms with Crippen molar-refractivity contribution in [2.75, 3.05) is 26.2 Å². The first-order chi connectivity index (χ1) is 12.7. The molecule has 0 aliphatic carbocycles. The highest BCUT2D eigenvalue weighted by molar-refractivity contribution is 6.12. The second-order valence-electron chi connectivity index (χ2n) is 5.46. The predicted molar refractivity (Wildman–Crippen MR) is 87.8 cm³/mol. The van der Waals surface area contributed by atoms with Gasteiger partial charge in [-0.15, -0.1) is 0 Å². The standard InChI is InChI=1S/C15H20N4O8/c20-8-9(15(26)27)18-12(23)7-17-11(22)6-16-10(21)2-1-5-19-13(24)3-4-14(19)25/h3-4,9,20H,1-2,5-8H2,(H,16,21)(H,17,22)(H,18,23)(H,26,27)/t9-/m0/s1. The zero-order chi connectivity index (χ0) is 20.4. The molecule has 27 heavy (non-hydrogen) atoms. The van der Waals surface area contributed by atoms with E-state index in [4.69, 9.17) is 10.2 Å². The highest BCUT2D eigenvalue weighted by Crippen LogP contribution is 2.05. The van der Waals surface area contributed by atoms with Gasteiger partial charge in [0.05, 0.1) is 19.7 Å². The van der Waals surface area contributed by atoms with E-state index in [-0.39, 0.29) is 19.4 Å². The number of hydrogen-bond donors (Lipinski definition) is 5. The Hall–Kier alpha value is -3.28. The largest absolute Gasteiger partial charge is 0.480 e. The van der Waals surface area contributed by atoms with Gasteiger partial charge in [-0.3, -0.25) is 28.9 Å². The summed E-state index contributed by atoms with van der Waals surface area (Å²) in [5.74, 6) is -4.27. The fourth-order valence-corrected chi connectivity index (χ4v) is 1.99. The first-order valence-corrected chi connectivity index (χ1v) is 7.94. The molecule has 0 fully saturated rings. The molecule has 1 rings (SSSR count). The van der Waals surface area contributed by atoms with Gasteiger partial charge in [-0.2, -0.15) is 0 Å². The topological polar surface area (TPSA) is 182 Å². The molecule has 5 amide bonds. The summed E-state index contributed by atoms with van der Waals surface area (Å²) in [6.07, 6.45) is 2.50. The molecule has 0 spiro atoms. The summed E-state index contributed by atoms with van der Waals surface area (Å²) >= 11 is 0. The van der Waals surface area contributed by atoms with Gasteiger partial charge in [-0.05, 0) is 6.42 Å². The van der Waals surface area contributed by atoms with E-state index < -0.39 is 61.2 Å². The number of aliphatic carboxylic acids is 1. The highest BCUT2D eigenvalue weighted by Gasteiger charge is 2.22. The molecule has 1 aliphatic heterocycles. The summed E-state index contributed by atoms with van der Waals surface area (Å²) in [6.45, 7) is -1.64. The molecule has 0 aromatic rings. The molecular weight excluding hydrogens is 364 g/mol. The first kappa shape index (κ1) is 21.8. The maximum atomic E-state index is 11.6. The highest BCUT2D eigenvalue weighted by atomic mass is 16.4. The van der Waals surface area contributed by atoms with Crippen LogP contribution in [0.2, 0.25) is 0 Å². The van der Waals surface area contributed by atoms with E-state index in [1.807, 2.05) is 5.32 Å². The van der Waals surface area contributed by atoms with Crippen LogP contribution in [0.15, 0.2) is 12.2 Å². The average Bonchev–Trinajstić information content (AvgIpc) is 2.94. The number of carbonyl (C=O) groups excluding carboxylic acids is 5. The Morgan fingerprint density at radius 1 is 0.963 bits per heavy atom. The van der Waals surface area contributed by atoms with Gasteiger partial charge in [0.15, 0.2) is 0 Å². The lowest BCUT2D eigenvalue weighted by atomic mass is 10.2. The van der Waals surface area contributed by atoms with Crippen molar-refractivity contribution in [3.05, 3.63) is 12.2 Å². The lowest BCUT2D eigenvalue weighted by Crippen LogP contribution is -2.48. The van der Waals surface area contributed by atoms with Crippen molar-refractivity contribution < 1.29 is 39.0 Å². The predicted octanol–water partition coefficient (Wildman–Crippen LogP) is -3.51. The molecule has 0 radical (unpaired) electrons. The summed E-state index contributed by atoms with van der Waals surface area (Å²) in [5.41, 5.74) is 0. The summed E-state index contributed by atoms with van der Waals surface area (Å²) in [5, 5.41) is 23.9. The minimum absolute atomic E-state index is 0.0123. The smallest absolute Gasteiger partial charge is 0.328 e. The normalized spacial score (nSPS) is 14.0. The minimum Gasteiger partial charge on any atom is -0.480 e. The van der Waals surface area contributed by atoms with Gasteiger partial charge in [0.2, 0.25) is 17.7 Å². The Morgan fingerprint density at radius 3 is 2.07 bits per heavy atom.